The molecule has 1 aromatic carbocycles. The summed E-state index contributed by atoms with van der Waals surface area (Å²) in [7, 11) is 2.94. The molecule has 2 N–H and O–H groups in total. The molecule has 0 aromatic heterocycles. The van der Waals surface area contributed by atoms with E-state index >= 15 is 0 Å². The largest absolute Gasteiger partial charge is 0.497 e. The highest BCUT2D eigenvalue weighted by Gasteiger charge is 2.19. The normalized spacial score (nSPS) is 11.5. The van der Waals surface area contributed by atoms with Crippen LogP contribution >= 0.6 is 0 Å². The number of hydrogen-bond donors (Lipinski definition) is 2. The van der Waals surface area contributed by atoms with Gasteiger partial charge in [0.25, 0.3) is 0 Å². The second kappa shape index (κ2) is 8.80. The van der Waals surface area contributed by atoms with Gasteiger partial charge in [0.1, 0.15) is 11.5 Å². The zero-order valence-corrected chi connectivity index (χ0v) is 12.0. The Balaban J connectivity index is 2.33. The summed E-state index contributed by atoms with van der Waals surface area (Å²) in [5, 5.41) is 11.2. The van der Waals surface area contributed by atoms with E-state index in [-0.39, 0.29) is 19.6 Å². The lowest BCUT2D eigenvalue weighted by Gasteiger charge is -2.13. The molecule has 1 amide bonds. The Morgan fingerprint density at radius 2 is 1.81 bits per heavy atom. The lowest BCUT2D eigenvalue weighted by atomic mass is 10.3. The second-order valence-corrected chi connectivity index (χ2v) is 4.19. The van der Waals surface area contributed by atoms with E-state index in [0.717, 1.165) is 0 Å². The third-order valence-electron chi connectivity index (χ3n) is 2.62. The Hall–Kier alpha value is -2.28. The van der Waals surface area contributed by atoms with Crippen molar-refractivity contribution in [3.8, 4) is 11.5 Å². The van der Waals surface area contributed by atoms with Crippen molar-refractivity contribution in [2.24, 2.45) is 0 Å². The predicted molar refractivity (Wildman–Crippen MR) is 74.5 cm³/mol. The SMILES string of the molecule is COCC(NC(=O)CCOc1ccc(OC)cc1)C(=O)O. The maximum absolute atomic E-state index is 11.6. The summed E-state index contributed by atoms with van der Waals surface area (Å²) in [6.45, 7) is 0.0674. The van der Waals surface area contributed by atoms with Crippen LogP contribution in [0, 0.1) is 0 Å². The molecule has 116 valence electrons. The molecular formula is C14H19NO6. The minimum absolute atomic E-state index is 0.0551. The number of carbonyl (C=O) groups excluding carboxylic acids is 1. The fourth-order valence-corrected chi connectivity index (χ4v) is 1.54. The number of carbonyl (C=O) groups is 2. The van der Waals surface area contributed by atoms with Gasteiger partial charge in [0.15, 0.2) is 6.04 Å². The van der Waals surface area contributed by atoms with E-state index in [1.54, 1.807) is 31.4 Å². The Labute approximate surface area is 122 Å². The van der Waals surface area contributed by atoms with Gasteiger partial charge in [-0.3, -0.25) is 4.79 Å². The lowest BCUT2D eigenvalue weighted by molar-refractivity contribution is -0.143. The molecule has 0 aliphatic rings. The molecule has 0 aliphatic heterocycles. The number of carboxylic acids is 1. The maximum atomic E-state index is 11.6. The quantitative estimate of drug-likeness (QED) is 0.696. The van der Waals surface area contributed by atoms with Gasteiger partial charge in [0.05, 0.1) is 26.7 Å². The van der Waals surface area contributed by atoms with E-state index in [9.17, 15) is 9.59 Å². The van der Waals surface area contributed by atoms with E-state index in [4.69, 9.17) is 19.3 Å². The molecule has 7 nitrogen and oxygen atoms in total. The van der Waals surface area contributed by atoms with Gasteiger partial charge >= 0.3 is 5.97 Å². The molecule has 1 atom stereocenters. The molecular weight excluding hydrogens is 278 g/mol. The fourth-order valence-electron chi connectivity index (χ4n) is 1.54. The third kappa shape index (κ3) is 6.13. The Kier molecular flexibility index (Phi) is 7.03. The van der Waals surface area contributed by atoms with Crippen molar-refractivity contribution in [1.29, 1.82) is 0 Å². The predicted octanol–water partition coefficient (Wildman–Crippen LogP) is 0.680. The van der Waals surface area contributed by atoms with Crippen LogP contribution in [0.5, 0.6) is 11.5 Å². The standard InChI is InChI=1S/C14H19NO6/c1-19-9-12(14(17)18)15-13(16)7-8-21-11-5-3-10(20-2)4-6-11/h3-6,12H,7-9H2,1-2H3,(H,15,16)(H,17,18). The fraction of sp³-hybridized carbons (Fsp3) is 0.429. The van der Waals surface area contributed by atoms with Crippen LogP contribution in [-0.2, 0) is 14.3 Å². The van der Waals surface area contributed by atoms with Gasteiger partial charge in [0, 0.05) is 7.11 Å². The van der Waals surface area contributed by atoms with Crippen LogP contribution in [0.15, 0.2) is 24.3 Å². The molecule has 0 heterocycles. The molecule has 0 bridgehead atoms. The highest BCUT2D eigenvalue weighted by Crippen LogP contribution is 2.16. The molecule has 1 aromatic rings. The third-order valence-corrected chi connectivity index (χ3v) is 2.62. The number of aliphatic carboxylic acids is 1. The Bertz CT molecular complexity index is 459. The average molecular weight is 297 g/mol. The highest BCUT2D eigenvalue weighted by atomic mass is 16.5. The van der Waals surface area contributed by atoms with Gasteiger partial charge < -0.3 is 24.6 Å². The molecule has 0 saturated carbocycles. The first-order valence-corrected chi connectivity index (χ1v) is 6.34. The van der Waals surface area contributed by atoms with Crippen LogP contribution in [-0.4, -0.2) is 50.5 Å². The van der Waals surface area contributed by atoms with Crippen LogP contribution in [0.1, 0.15) is 6.42 Å². The molecule has 7 heteroatoms. The molecule has 0 aliphatic carbocycles. The second-order valence-electron chi connectivity index (χ2n) is 4.19. The first kappa shape index (κ1) is 16.8. The number of methoxy groups -OCH3 is 2. The molecule has 0 radical (unpaired) electrons. The first-order chi connectivity index (χ1) is 10.1. The lowest BCUT2D eigenvalue weighted by Crippen LogP contribution is -2.44. The minimum atomic E-state index is -1.14. The number of carboxylic acid groups (broad SMARTS) is 1. The number of nitrogens with one attached hydrogen (secondary N) is 1. The molecule has 1 rings (SSSR count). The molecule has 0 saturated heterocycles. The van der Waals surface area contributed by atoms with Crippen LogP contribution < -0.4 is 14.8 Å². The monoisotopic (exact) mass is 297 g/mol. The summed E-state index contributed by atoms with van der Waals surface area (Å²) in [6.07, 6.45) is 0.0551. The van der Waals surface area contributed by atoms with Crippen LogP contribution in [0.4, 0.5) is 0 Å². The van der Waals surface area contributed by atoms with E-state index in [1.807, 2.05) is 0 Å². The smallest absolute Gasteiger partial charge is 0.328 e. The van der Waals surface area contributed by atoms with Gasteiger partial charge in [-0.05, 0) is 24.3 Å². The van der Waals surface area contributed by atoms with Crippen molar-refractivity contribution >= 4 is 11.9 Å². The van der Waals surface area contributed by atoms with Crippen LogP contribution in [0.25, 0.3) is 0 Å². The number of hydrogen-bond acceptors (Lipinski definition) is 5. The number of amides is 1. The van der Waals surface area contributed by atoms with Crippen molar-refractivity contribution in [3.05, 3.63) is 24.3 Å². The van der Waals surface area contributed by atoms with Crippen LogP contribution in [0.3, 0.4) is 0 Å². The molecule has 21 heavy (non-hydrogen) atoms. The number of rotatable bonds is 9. The van der Waals surface area contributed by atoms with E-state index in [2.05, 4.69) is 5.32 Å². The summed E-state index contributed by atoms with van der Waals surface area (Å²) < 4.78 is 15.1. The Morgan fingerprint density at radius 1 is 1.19 bits per heavy atom. The Morgan fingerprint density at radius 3 is 2.33 bits per heavy atom. The molecule has 0 spiro atoms. The minimum Gasteiger partial charge on any atom is -0.497 e. The van der Waals surface area contributed by atoms with E-state index in [0.29, 0.717) is 11.5 Å². The summed E-state index contributed by atoms with van der Waals surface area (Å²) in [4.78, 5) is 22.4. The van der Waals surface area contributed by atoms with Crippen molar-refractivity contribution in [2.75, 3.05) is 27.4 Å². The van der Waals surface area contributed by atoms with Crippen molar-refractivity contribution < 1.29 is 28.9 Å². The van der Waals surface area contributed by atoms with Crippen molar-refractivity contribution in [1.82, 2.24) is 5.32 Å². The number of benzene rings is 1. The maximum Gasteiger partial charge on any atom is 0.328 e. The summed E-state index contributed by atoms with van der Waals surface area (Å²) >= 11 is 0. The van der Waals surface area contributed by atoms with Crippen molar-refractivity contribution in [3.63, 3.8) is 0 Å². The van der Waals surface area contributed by atoms with Crippen molar-refractivity contribution in [2.45, 2.75) is 12.5 Å². The zero-order chi connectivity index (χ0) is 15.7. The van der Waals surface area contributed by atoms with Gasteiger partial charge in [-0.2, -0.15) is 0 Å². The zero-order valence-electron chi connectivity index (χ0n) is 12.0. The van der Waals surface area contributed by atoms with E-state index in [1.165, 1.54) is 7.11 Å². The van der Waals surface area contributed by atoms with Crippen LogP contribution in [0.2, 0.25) is 0 Å². The number of ether oxygens (including phenoxy) is 3. The molecule has 1 unspecified atom stereocenters. The topological polar surface area (TPSA) is 94.1 Å². The molecule has 0 fully saturated rings. The van der Waals surface area contributed by atoms with Gasteiger partial charge in [-0.1, -0.05) is 0 Å². The first-order valence-electron chi connectivity index (χ1n) is 6.34. The summed E-state index contributed by atoms with van der Waals surface area (Å²) in [5.41, 5.74) is 0. The van der Waals surface area contributed by atoms with Gasteiger partial charge in [-0.15, -0.1) is 0 Å². The summed E-state index contributed by atoms with van der Waals surface area (Å²) in [5.74, 6) is -0.228. The average Bonchev–Trinajstić information content (AvgIpc) is 2.47. The van der Waals surface area contributed by atoms with Gasteiger partial charge in [-0.25, -0.2) is 4.79 Å². The van der Waals surface area contributed by atoms with Gasteiger partial charge in [0.2, 0.25) is 5.91 Å². The highest BCUT2D eigenvalue weighted by molar-refractivity contribution is 5.83. The summed E-state index contributed by atoms with van der Waals surface area (Å²) in [6, 6.07) is 5.88. The van der Waals surface area contributed by atoms with E-state index < -0.39 is 17.9 Å².